The first-order valence-corrected chi connectivity index (χ1v) is 7.79. The van der Waals surface area contributed by atoms with Crippen LogP contribution in [0.25, 0.3) is 0 Å². The molecule has 0 saturated heterocycles. The van der Waals surface area contributed by atoms with Crippen molar-refractivity contribution in [1.29, 1.82) is 0 Å². The molecule has 1 rings (SSSR count). The van der Waals surface area contributed by atoms with Gasteiger partial charge in [0.05, 0.1) is 5.25 Å². The molecule has 5 heteroatoms. The zero-order valence-corrected chi connectivity index (χ0v) is 13.0. The lowest BCUT2D eigenvalue weighted by molar-refractivity contribution is -0.120. The number of rotatable bonds is 7. The van der Waals surface area contributed by atoms with E-state index in [2.05, 4.69) is 12.2 Å². The van der Waals surface area contributed by atoms with Gasteiger partial charge in [-0.3, -0.25) is 4.79 Å². The lowest BCUT2D eigenvalue weighted by atomic mass is 10.2. The minimum atomic E-state index is -0.178. The summed E-state index contributed by atoms with van der Waals surface area (Å²) in [5.41, 5.74) is 6.52. The summed E-state index contributed by atoms with van der Waals surface area (Å²) in [4.78, 5) is 12.8. The van der Waals surface area contributed by atoms with Gasteiger partial charge in [-0.2, -0.15) is 0 Å². The van der Waals surface area contributed by atoms with Gasteiger partial charge >= 0.3 is 0 Å². The maximum atomic E-state index is 11.9. The maximum Gasteiger partial charge on any atom is 0.233 e. The number of unbranched alkanes of at least 4 members (excludes halogenated alkanes) is 2. The van der Waals surface area contributed by atoms with E-state index in [1.165, 1.54) is 11.8 Å². The van der Waals surface area contributed by atoms with Crippen molar-refractivity contribution in [2.24, 2.45) is 0 Å². The van der Waals surface area contributed by atoms with Crippen LogP contribution < -0.4 is 11.1 Å². The van der Waals surface area contributed by atoms with Crippen molar-refractivity contribution in [1.82, 2.24) is 5.32 Å². The lowest BCUT2D eigenvalue weighted by Gasteiger charge is -2.13. The number of hydrogen-bond acceptors (Lipinski definition) is 3. The second kappa shape index (κ2) is 8.33. The van der Waals surface area contributed by atoms with E-state index in [4.69, 9.17) is 17.3 Å². The van der Waals surface area contributed by atoms with Crippen LogP contribution in [-0.4, -0.2) is 17.7 Å². The van der Waals surface area contributed by atoms with Gasteiger partial charge in [-0.1, -0.05) is 31.4 Å². The molecule has 0 aliphatic rings. The van der Waals surface area contributed by atoms with Gasteiger partial charge in [0.1, 0.15) is 0 Å². The Balaban J connectivity index is 2.47. The Bertz CT molecular complexity index is 426. The third-order valence-electron chi connectivity index (χ3n) is 2.73. The van der Waals surface area contributed by atoms with Gasteiger partial charge in [0.2, 0.25) is 5.91 Å². The molecule has 19 heavy (non-hydrogen) atoms. The van der Waals surface area contributed by atoms with E-state index in [1.807, 2.05) is 6.92 Å². The van der Waals surface area contributed by atoms with Crippen LogP contribution in [0.2, 0.25) is 5.02 Å². The van der Waals surface area contributed by atoms with Gasteiger partial charge in [-0.05, 0) is 31.5 Å². The fourth-order valence-electron chi connectivity index (χ4n) is 1.58. The number of anilines is 1. The first-order valence-electron chi connectivity index (χ1n) is 6.54. The molecule has 0 aliphatic heterocycles. The van der Waals surface area contributed by atoms with E-state index in [0.29, 0.717) is 10.7 Å². The molecule has 0 aromatic heterocycles. The predicted octanol–water partition coefficient (Wildman–Crippen LogP) is 3.71. The molecule has 1 amide bonds. The zero-order valence-electron chi connectivity index (χ0n) is 11.4. The minimum absolute atomic E-state index is 0.0421. The first kappa shape index (κ1) is 16.2. The van der Waals surface area contributed by atoms with Crippen molar-refractivity contribution >= 4 is 35.0 Å². The number of amides is 1. The monoisotopic (exact) mass is 300 g/mol. The summed E-state index contributed by atoms with van der Waals surface area (Å²) in [5.74, 6) is 0.0421. The fourth-order valence-corrected chi connectivity index (χ4v) is 2.79. The average Bonchev–Trinajstić information content (AvgIpc) is 2.38. The van der Waals surface area contributed by atoms with Crippen molar-refractivity contribution in [3.8, 4) is 0 Å². The van der Waals surface area contributed by atoms with Crippen molar-refractivity contribution in [2.75, 3.05) is 12.3 Å². The van der Waals surface area contributed by atoms with Crippen molar-refractivity contribution < 1.29 is 4.79 Å². The molecule has 1 aromatic rings. The Hall–Kier alpha value is -0.870. The highest BCUT2D eigenvalue weighted by Gasteiger charge is 2.15. The van der Waals surface area contributed by atoms with Gasteiger partial charge in [0.25, 0.3) is 0 Å². The van der Waals surface area contributed by atoms with Crippen LogP contribution >= 0.6 is 23.4 Å². The summed E-state index contributed by atoms with van der Waals surface area (Å²) >= 11 is 7.36. The summed E-state index contributed by atoms with van der Waals surface area (Å²) in [5, 5.41) is 3.39. The smallest absolute Gasteiger partial charge is 0.233 e. The van der Waals surface area contributed by atoms with Crippen LogP contribution in [0.3, 0.4) is 0 Å². The number of carbonyl (C=O) groups excluding carboxylic acids is 1. The van der Waals surface area contributed by atoms with Crippen LogP contribution in [0, 0.1) is 0 Å². The molecule has 0 heterocycles. The van der Waals surface area contributed by atoms with E-state index < -0.39 is 0 Å². The van der Waals surface area contributed by atoms with E-state index in [-0.39, 0.29) is 11.2 Å². The lowest BCUT2D eigenvalue weighted by Crippen LogP contribution is -2.31. The number of nitrogens with one attached hydrogen (secondary N) is 1. The molecule has 1 unspecified atom stereocenters. The second-order valence-corrected chi connectivity index (χ2v) is 6.26. The summed E-state index contributed by atoms with van der Waals surface area (Å²) < 4.78 is 0. The van der Waals surface area contributed by atoms with Crippen LogP contribution in [-0.2, 0) is 4.79 Å². The quantitative estimate of drug-likeness (QED) is 0.458. The Kier molecular flexibility index (Phi) is 7.10. The third-order valence-corrected chi connectivity index (χ3v) is 4.14. The molecular weight excluding hydrogens is 280 g/mol. The number of hydrogen-bond donors (Lipinski definition) is 2. The van der Waals surface area contributed by atoms with Crippen LogP contribution in [0.4, 0.5) is 5.69 Å². The molecule has 0 bridgehead atoms. The Morgan fingerprint density at radius 1 is 1.47 bits per heavy atom. The number of nitrogens with two attached hydrogens (primary N) is 1. The predicted molar refractivity (Wildman–Crippen MR) is 83.7 cm³/mol. The van der Waals surface area contributed by atoms with Crippen molar-refractivity contribution in [2.45, 2.75) is 43.3 Å². The number of benzene rings is 1. The van der Waals surface area contributed by atoms with Crippen molar-refractivity contribution in [3.05, 3.63) is 23.2 Å². The van der Waals surface area contributed by atoms with Crippen molar-refractivity contribution in [3.63, 3.8) is 0 Å². The van der Waals surface area contributed by atoms with Crippen LogP contribution in [0.5, 0.6) is 0 Å². The van der Waals surface area contributed by atoms with Gasteiger partial charge in [-0.25, -0.2) is 0 Å². The van der Waals surface area contributed by atoms with E-state index in [9.17, 15) is 4.79 Å². The van der Waals surface area contributed by atoms with E-state index >= 15 is 0 Å². The van der Waals surface area contributed by atoms with Gasteiger partial charge in [0, 0.05) is 22.2 Å². The number of halogens is 1. The van der Waals surface area contributed by atoms with E-state index in [0.717, 1.165) is 30.7 Å². The van der Waals surface area contributed by atoms with Gasteiger partial charge in [-0.15, -0.1) is 11.8 Å². The molecule has 0 radical (unpaired) electrons. The topological polar surface area (TPSA) is 55.1 Å². The highest BCUT2D eigenvalue weighted by molar-refractivity contribution is 8.00. The molecule has 3 nitrogen and oxygen atoms in total. The summed E-state index contributed by atoms with van der Waals surface area (Å²) in [6.45, 7) is 4.75. The highest BCUT2D eigenvalue weighted by Crippen LogP contribution is 2.31. The van der Waals surface area contributed by atoms with Crippen LogP contribution in [0.15, 0.2) is 23.1 Å². The standard InChI is InChI=1S/C14H21ClN2OS/c1-3-4-5-8-17-14(18)10(2)19-13-9-11(15)6-7-12(13)16/h6-7,9-10H,3-5,8,16H2,1-2H3,(H,17,18). The molecule has 0 saturated carbocycles. The summed E-state index contributed by atoms with van der Waals surface area (Å²) in [6, 6.07) is 5.30. The second-order valence-electron chi connectivity index (χ2n) is 4.44. The average molecular weight is 301 g/mol. The Morgan fingerprint density at radius 3 is 2.89 bits per heavy atom. The first-order chi connectivity index (χ1) is 9.04. The Labute approximate surface area is 124 Å². The number of carbonyl (C=O) groups is 1. The van der Waals surface area contributed by atoms with Crippen LogP contribution in [0.1, 0.15) is 33.1 Å². The zero-order chi connectivity index (χ0) is 14.3. The maximum absolute atomic E-state index is 11.9. The Morgan fingerprint density at radius 2 is 2.21 bits per heavy atom. The molecule has 3 N–H and O–H groups in total. The minimum Gasteiger partial charge on any atom is -0.398 e. The van der Waals surface area contributed by atoms with Gasteiger partial charge in [0.15, 0.2) is 0 Å². The molecule has 1 atom stereocenters. The summed E-state index contributed by atoms with van der Waals surface area (Å²) in [7, 11) is 0. The molecule has 0 aliphatic carbocycles. The normalized spacial score (nSPS) is 12.2. The fraction of sp³-hybridized carbons (Fsp3) is 0.500. The van der Waals surface area contributed by atoms with E-state index in [1.54, 1.807) is 18.2 Å². The molecule has 106 valence electrons. The van der Waals surface area contributed by atoms with Gasteiger partial charge < -0.3 is 11.1 Å². The number of nitrogen functional groups attached to an aromatic ring is 1. The molecular formula is C14H21ClN2OS. The third kappa shape index (κ3) is 5.74. The summed E-state index contributed by atoms with van der Waals surface area (Å²) in [6.07, 6.45) is 3.32. The molecule has 1 aromatic carbocycles. The molecule has 0 fully saturated rings. The largest absolute Gasteiger partial charge is 0.398 e. The number of thioether (sulfide) groups is 1. The molecule has 0 spiro atoms. The highest BCUT2D eigenvalue weighted by atomic mass is 35.5. The SMILES string of the molecule is CCCCCNC(=O)C(C)Sc1cc(Cl)ccc1N.